The van der Waals surface area contributed by atoms with Crippen LogP contribution in [-0.2, 0) is 17.6 Å². The quantitative estimate of drug-likeness (QED) is 0.911. The smallest absolute Gasteiger partial charge is 0.322 e. The van der Waals surface area contributed by atoms with Crippen LogP contribution in [0.5, 0.6) is 0 Å². The van der Waals surface area contributed by atoms with Crippen LogP contribution in [0, 0.1) is 0 Å². The predicted octanol–water partition coefficient (Wildman–Crippen LogP) is 2.19. The van der Waals surface area contributed by atoms with Crippen molar-refractivity contribution in [2.45, 2.75) is 19.3 Å². The number of aryl methyl sites for hydroxylation is 1. The van der Waals surface area contributed by atoms with Crippen LogP contribution in [0.4, 0.5) is 0 Å². The van der Waals surface area contributed by atoms with Gasteiger partial charge >= 0.3 is 5.97 Å². The average Bonchev–Trinajstić information content (AvgIpc) is 2.90. The van der Waals surface area contributed by atoms with Gasteiger partial charge in [0.15, 0.2) is 0 Å². The van der Waals surface area contributed by atoms with E-state index in [1.54, 1.807) is 18.2 Å². The van der Waals surface area contributed by atoms with E-state index in [4.69, 9.17) is 16.7 Å². The van der Waals surface area contributed by atoms with E-state index in [1.165, 1.54) is 0 Å². The number of hydrogen-bond donors (Lipinski definition) is 2. The average molecular weight is 305 g/mol. The molecule has 1 heterocycles. The summed E-state index contributed by atoms with van der Waals surface area (Å²) in [4.78, 5) is 27.6. The molecule has 2 N–H and O–H groups in total. The fourth-order valence-corrected chi connectivity index (χ4v) is 2.91. The first-order chi connectivity index (χ1) is 10.1. The molecule has 2 aromatic rings. The molecule has 1 aromatic carbocycles. The molecule has 1 aliphatic rings. The molecule has 5 nitrogen and oxygen atoms in total. The number of amides is 1. The number of benzene rings is 1. The molecule has 1 aromatic heterocycles. The Balaban J connectivity index is 2.16. The number of carbonyl (C=O) groups is 2. The van der Waals surface area contributed by atoms with Crippen LogP contribution in [0.3, 0.4) is 0 Å². The largest absolute Gasteiger partial charge is 0.480 e. The third-order valence-electron chi connectivity index (χ3n) is 3.60. The summed E-state index contributed by atoms with van der Waals surface area (Å²) in [6, 6.07) is 5.22. The Hall–Kier alpha value is -2.14. The van der Waals surface area contributed by atoms with Gasteiger partial charge in [-0.1, -0.05) is 11.6 Å². The van der Waals surface area contributed by atoms with Gasteiger partial charge in [0, 0.05) is 16.1 Å². The Morgan fingerprint density at radius 2 is 2.14 bits per heavy atom. The number of nitrogens with zero attached hydrogens (tertiary/aromatic N) is 1. The maximum atomic E-state index is 12.4. The molecule has 3 rings (SSSR count). The molecule has 108 valence electrons. The molecule has 0 radical (unpaired) electrons. The van der Waals surface area contributed by atoms with Crippen LogP contribution in [-0.4, -0.2) is 28.5 Å². The third-order valence-corrected chi connectivity index (χ3v) is 3.84. The Morgan fingerprint density at radius 3 is 2.90 bits per heavy atom. The van der Waals surface area contributed by atoms with E-state index in [2.05, 4.69) is 10.3 Å². The molecule has 0 unspecified atom stereocenters. The minimum atomic E-state index is -1.07. The molecule has 1 amide bonds. The summed E-state index contributed by atoms with van der Waals surface area (Å²) < 4.78 is 0. The van der Waals surface area contributed by atoms with Crippen molar-refractivity contribution in [2.24, 2.45) is 0 Å². The fourth-order valence-electron chi connectivity index (χ4n) is 2.74. The van der Waals surface area contributed by atoms with Crippen molar-refractivity contribution in [2.75, 3.05) is 6.54 Å². The lowest BCUT2D eigenvalue weighted by atomic mass is 10.0. The van der Waals surface area contributed by atoms with Crippen molar-refractivity contribution in [1.82, 2.24) is 10.3 Å². The molecule has 0 atom stereocenters. The minimum absolute atomic E-state index is 0.384. The topological polar surface area (TPSA) is 79.3 Å². The summed E-state index contributed by atoms with van der Waals surface area (Å²) in [6.07, 6.45) is 2.57. The summed E-state index contributed by atoms with van der Waals surface area (Å²) in [5, 5.41) is 12.3. The van der Waals surface area contributed by atoms with Gasteiger partial charge < -0.3 is 10.4 Å². The first kappa shape index (κ1) is 13.8. The highest BCUT2D eigenvalue weighted by Crippen LogP contribution is 2.31. The zero-order chi connectivity index (χ0) is 15.0. The number of nitrogens with one attached hydrogen (secondary N) is 1. The Morgan fingerprint density at radius 1 is 1.33 bits per heavy atom. The molecule has 1 aliphatic carbocycles. The summed E-state index contributed by atoms with van der Waals surface area (Å²) in [5.41, 5.74) is 3.05. The normalized spacial score (nSPS) is 13.2. The number of pyridine rings is 1. The van der Waals surface area contributed by atoms with E-state index in [9.17, 15) is 9.59 Å². The van der Waals surface area contributed by atoms with Gasteiger partial charge in [-0.25, -0.2) is 0 Å². The second-order valence-corrected chi connectivity index (χ2v) is 5.44. The van der Waals surface area contributed by atoms with Crippen molar-refractivity contribution in [3.63, 3.8) is 0 Å². The molecule has 0 bridgehead atoms. The summed E-state index contributed by atoms with van der Waals surface area (Å²) in [6.45, 7) is -0.405. The number of aromatic nitrogens is 1. The van der Waals surface area contributed by atoms with Gasteiger partial charge in [-0.15, -0.1) is 0 Å². The first-order valence-corrected chi connectivity index (χ1v) is 7.05. The molecular formula is C15H13ClN2O3. The predicted molar refractivity (Wildman–Crippen MR) is 78.7 cm³/mol. The summed E-state index contributed by atoms with van der Waals surface area (Å²) in [5.74, 6) is -1.46. The highest BCUT2D eigenvalue weighted by Gasteiger charge is 2.24. The Bertz CT molecular complexity index is 758. The van der Waals surface area contributed by atoms with Crippen LogP contribution in [0.25, 0.3) is 10.9 Å². The minimum Gasteiger partial charge on any atom is -0.480 e. The second-order valence-electron chi connectivity index (χ2n) is 5.00. The van der Waals surface area contributed by atoms with E-state index in [0.29, 0.717) is 21.5 Å². The lowest BCUT2D eigenvalue weighted by Gasteiger charge is -2.12. The summed E-state index contributed by atoms with van der Waals surface area (Å²) in [7, 11) is 0. The number of aliphatic carboxylic acids is 1. The van der Waals surface area contributed by atoms with E-state index in [1.807, 2.05) is 0 Å². The molecule has 0 aliphatic heterocycles. The van der Waals surface area contributed by atoms with Gasteiger partial charge in [0.2, 0.25) is 0 Å². The van der Waals surface area contributed by atoms with Gasteiger partial charge in [-0.05, 0) is 43.0 Å². The fraction of sp³-hybridized carbons (Fsp3) is 0.267. The molecule has 0 saturated heterocycles. The highest BCUT2D eigenvalue weighted by molar-refractivity contribution is 6.31. The maximum Gasteiger partial charge on any atom is 0.322 e. The van der Waals surface area contributed by atoms with Crippen molar-refractivity contribution in [3.8, 4) is 0 Å². The van der Waals surface area contributed by atoms with E-state index in [0.717, 1.165) is 30.5 Å². The number of hydrogen-bond acceptors (Lipinski definition) is 3. The van der Waals surface area contributed by atoms with Crippen LogP contribution >= 0.6 is 11.6 Å². The Labute approximate surface area is 125 Å². The van der Waals surface area contributed by atoms with Gasteiger partial charge in [0.25, 0.3) is 5.91 Å². The van der Waals surface area contributed by atoms with E-state index < -0.39 is 12.5 Å². The number of carboxylic acid groups (broad SMARTS) is 1. The van der Waals surface area contributed by atoms with Crippen molar-refractivity contribution >= 4 is 34.4 Å². The zero-order valence-electron chi connectivity index (χ0n) is 11.1. The van der Waals surface area contributed by atoms with Gasteiger partial charge in [0.1, 0.15) is 6.54 Å². The van der Waals surface area contributed by atoms with E-state index in [-0.39, 0.29) is 5.91 Å². The SMILES string of the molecule is O=C(O)CNC(=O)c1c2c(nc3ccc(Cl)cc13)CCC2. The molecule has 0 fully saturated rings. The second kappa shape index (κ2) is 5.33. The molecule has 6 heteroatoms. The number of carboxylic acids is 1. The monoisotopic (exact) mass is 304 g/mol. The number of rotatable bonds is 3. The molecule has 0 saturated carbocycles. The molecular weight excluding hydrogens is 292 g/mol. The molecule has 21 heavy (non-hydrogen) atoms. The first-order valence-electron chi connectivity index (χ1n) is 6.67. The van der Waals surface area contributed by atoms with Gasteiger partial charge in [-0.3, -0.25) is 14.6 Å². The van der Waals surface area contributed by atoms with Crippen LogP contribution in [0.2, 0.25) is 5.02 Å². The number of halogens is 1. The lowest BCUT2D eigenvalue weighted by molar-refractivity contribution is -0.135. The maximum absolute atomic E-state index is 12.4. The van der Waals surface area contributed by atoms with Crippen molar-refractivity contribution < 1.29 is 14.7 Å². The van der Waals surface area contributed by atoms with E-state index >= 15 is 0 Å². The lowest BCUT2D eigenvalue weighted by Crippen LogP contribution is -2.30. The highest BCUT2D eigenvalue weighted by atomic mass is 35.5. The standard InChI is InChI=1S/C15H13ClN2O3/c16-8-4-5-12-10(6-8)14(15(21)17-7-13(19)20)9-2-1-3-11(9)18-12/h4-6H,1-3,7H2,(H,17,21)(H,19,20). The van der Waals surface area contributed by atoms with Gasteiger partial charge in [-0.2, -0.15) is 0 Å². The Kier molecular flexibility index (Phi) is 3.51. The number of fused-ring (bicyclic) bond motifs is 2. The van der Waals surface area contributed by atoms with Crippen molar-refractivity contribution in [1.29, 1.82) is 0 Å². The van der Waals surface area contributed by atoms with Crippen LogP contribution < -0.4 is 5.32 Å². The van der Waals surface area contributed by atoms with Crippen molar-refractivity contribution in [3.05, 3.63) is 40.0 Å². The summed E-state index contributed by atoms with van der Waals surface area (Å²) >= 11 is 6.02. The zero-order valence-corrected chi connectivity index (χ0v) is 11.9. The van der Waals surface area contributed by atoms with Crippen LogP contribution in [0.15, 0.2) is 18.2 Å². The molecule has 0 spiro atoms. The van der Waals surface area contributed by atoms with Gasteiger partial charge in [0.05, 0.1) is 11.1 Å². The van der Waals surface area contributed by atoms with Crippen LogP contribution in [0.1, 0.15) is 28.0 Å². The number of carbonyl (C=O) groups excluding carboxylic acids is 1. The third kappa shape index (κ3) is 2.56.